The Morgan fingerprint density at radius 2 is 2.17 bits per heavy atom. The number of nitrogens with zero attached hydrogens (tertiary/aromatic N) is 4. The zero-order valence-corrected chi connectivity index (χ0v) is 11.0. The van der Waals surface area contributed by atoms with Gasteiger partial charge in [-0.2, -0.15) is 0 Å². The lowest BCUT2D eigenvalue weighted by atomic mass is 10.2. The summed E-state index contributed by atoms with van der Waals surface area (Å²) >= 11 is 0. The second-order valence-corrected chi connectivity index (χ2v) is 4.68. The van der Waals surface area contributed by atoms with Crippen LogP contribution >= 0.6 is 0 Å². The summed E-state index contributed by atoms with van der Waals surface area (Å²) in [6.07, 6.45) is 3.30. The molecule has 1 aliphatic rings. The molecule has 0 bridgehead atoms. The number of ether oxygens (including phenoxy) is 1. The van der Waals surface area contributed by atoms with Crippen LogP contribution in [0.4, 0.5) is 11.6 Å². The van der Waals surface area contributed by atoms with Crippen molar-refractivity contribution >= 4 is 11.6 Å². The first-order valence-corrected chi connectivity index (χ1v) is 6.27. The second kappa shape index (κ2) is 5.97. The molecule has 1 aromatic heterocycles. The third-order valence-corrected chi connectivity index (χ3v) is 3.24. The number of morpholine rings is 1. The van der Waals surface area contributed by atoms with Gasteiger partial charge in [0, 0.05) is 32.7 Å². The third kappa shape index (κ3) is 3.30. The minimum atomic E-state index is 0.457. The maximum absolute atomic E-state index is 5.64. The van der Waals surface area contributed by atoms with E-state index in [0.717, 1.165) is 38.7 Å². The number of rotatable bonds is 4. The van der Waals surface area contributed by atoms with Crippen molar-refractivity contribution < 1.29 is 4.74 Å². The van der Waals surface area contributed by atoms with Gasteiger partial charge in [-0.25, -0.2) is 4.98 Å². The molecule has 0 aliphatic carbocycles. The van der Waals surface area contributed by atoms with Crippen LogP contribution in [0, 0.1) is 0 Å². The topological polar surface area (TPSA) is 67.5 Å². The number of hydrogen-bond donors (Lipinski definition) is 1. The van der Waals surface area contributed by atoms with Gasteiger partial charge in [0.25, 0.3) is 0 Å². The van der Waals surface area contributed by atoms with E-state index >= 15 is 0 Å². The van der Waals surface area contributed by atoms with Gasteiger partial charge >= 0.3 is 0 Å². The minimum absolute atomic E-state index is 0.457. The standard InChI is InChI=1S/C12H21N5O/c1-10(17-3-5-18-6-4-17)9-16(2)12-8-14-7-11(13)15-12/h7-8,10H,3-6,9H2,1-2H3,(H2,13,15). The van der Waals surface area contributed by atoms with E-state index in [1.165, 1.54) is 0 Å². The van der Waals surface area contributed by atoms with Gasteiger partial charge in [-0.1, -0.05) is 0 Å². The van der Waals surface area contributed by atoms with E-state index in [2.05, 4.69) is 26.7 Å². The minimum Gasteiger partial charge on any atom is -0.382 e. The number of anilines is 2. The molecule has 1 fully saturated rings. The number of likely N-dealkylation sites (N-methyl/N-ethyl adjacent to an activating group) is 1. The number of nitrogens with two attached hydrogens (primary N) is 1. The maximum atomic E-state index is 5.64. The molecule has 1 unspecified atom stereocenters. The molecule has 0 amide bonds. The summed E-state index contributed by atoms with van der Waals surface area (Å²) in [6.45, 7) is 6.77. The first-order chi connectivity index (χ1) is 8.66. The average Bonchev–Trinajstić information content (AvgIpc) is 2.39. The Bertz CT molecular complexity index is 380. The van der Waals surface area contributed by atoms with Crippen LogP contribution in [0.1, 0.15) is 6.92 Å². The van der Waals surface area contributed by atoms with Gasteiger partial charge in [0.05, 0.1) is 25.6 Å². The Balaban J connectivity index is 1.91. The molecule has 100 valence electrons. The van der Waals surface area contributed by atoms with Gasteiger partial charge in [0.1, 0.15) is 11.6 Å². The van der Waals surface area contributed by atoms with Crippen molar-refractivity contribution in [2.45, 2.75) is 13.0 Å². The summed E-state index contributed by atoms with van der Waals surface area (Å²) < 4.78 is 5.36. The lowest BCUT2D eigenvalue weighted by molar-refractivity contribution is 0.0218. The molecular formula is C12H21N5O. The van der Waals surface area contributed by atoms with E-state index in [1.54, 1.807) is 12.4 Å². The summed E-state index contributed by atoms with van der Waals surface area (Å²) in [4.78, 5) is 12.8. The highest BCUT2D eigenvalue weighted by Crippen LogP contribution is 2.11. The molecule has 6 heteroatoms. The molecule has 2 N–H and O–H groups in total. The summed E-state index contributed by atoms with van der Waals surface area (Å²) in [5.41, 5.74) is 5.64. The molecule has 1 aromatic rings. The van der Waals surface area contributed by atoms with E-state index in [9.17, 15) is 0 Å². The van der Waals surface area contributed by atoms with Crippen molar-refractivity contribution in [3.05, 3.63) is 12.4 Å². The van der Waals surface area contributed by atoms with Crippen LogP contribution < -0.4 is 10.6 Å². The lowest BCUT2D eigenvalue weighted by Crippen LogP contribution is -2.46. The normalized spacial score (nSPS) is 18.6. The molecule has 0 saturated carbocycles. The molecule has 1 saturated heterocycles. The first kappa shape index (κ1) is 13.0. The first-order valence-electron chi connectivity index (χ1n) is 6.27. The molecule has 1 aliphatic heterocycles. The van der Waals surface area contributed by atoms with Crippen molar-refractivity contribution in [1.29, 1.82) is 0 Å². The fourth-order valence-corrected chi connectivity index (χ4v) is 2.18. The van der Waals surface area contributed by atoms with Crippen molar-refractivity contribution in [3.63, 3.8) is 0 Å². The molecule has 0 aromatic carbocycles. The molecule has 2 rings (SSSR count). The van der Waals surface area contributed by atoms with Crippen LogP contribution in [0.2, 0.25) is 0 Å². The largest absolute Gasteiger partial charge is 0.382 e. The third-order valence-electron chi connectivity index (χ3n) is 3.24. The van der Waals surface area contributed by atoms with E-state index in [0.29, 0.717) is 11.9 Å². The zero-order valence-electron chi connectivity index (χ0n) is 11.0. The highest BCUT2D eigenvalue weighted by atomic mass is 16.5. The summed E-state index contributed by atoms with van der Waals surface area (Å²) in [5.74, 6) is 1.27. The van der Waals surface area contributed by atoms with Crippen LogP contribution in [0.15, 0.2) is 12.4 Å². The number of nitrogen functional groups attached to an aromatic ring is 1. The van der Waals surface area contributed by atoms with Gasteiger partial charge in [0.2, 0.25) is 0 Å². The Morgan fingerprint density at radius 3 is 2.83 bits per heavy atom. The van der Waals surface area contributed by atoms with E-state index in [4.69, 9.17) is 10.5 Å². The lowest BCUT2D eigenvalue weighted by Gasteiger charge is -2.34. The average molecular weight is 251 g/mol. The quantitative estimate of drug-likeness (QED) is 0.825. The highest BCUT2D eigenvalue weighted by Gasteiger charge is 2.18. The molecular weight excluding hydrogens is 230 g/mol. The Labute approximate surface area is 108 Å². The second-order valence-electron chi connectivity index (χ2n) is 4.68. The predicted octanol–water partition coefficient (Wildman–Crippen LogP) is 0.216. The molecule has 6 nitrogen and oxygen atoms in total. The highest BCUT2D eigenvalue weighted by molar-refractivity contribution is 5.40. The molecule has 0 radical (unpaired) electrons. The van der Waals surface area contributed by atoms with Crippen LogP contribution in [0.3, 0.4) is 0 Å². The van der Waals surface area contributed by atoms with Crippen molar-refractivity contribution in [2.75, 3.05) is 50.5 Å². The molecule has 18 heavy (non-hydrogen) atoms. The number of hydrogen-bond acceptors (Lipinski definition) is 6. The van der Waals surface area contributed by atoms with E-state index in [-0.39, 0.29) is 0 Å². The monoisotopic (exact) mass is 251 g/mol. The Kier molecular flexibility index (Phi) is 4.33. The van der Waals surface area contributed by atoms with Gasteiger partial charge in [-0.3, -0.25) is 9.88 Å². The van der Waals surface area contributed by atoms with Crippen LogP contribution in [0.5, 0.6) is 0 Å². The maximum Gasteiger partial charge on any atom is 0.149 e. The molecule has 1 atom stereocenters. The van der Waals surface area contributed by atoms with Crippen molar-refractivity contribution in [2.24, 2.45) is 0 Å². The van der Waals surface area contributed by atoms with E-state index < -0.39 is 0 Å². The summed E-state index contributed by atoms with van der Waals surface area (Å²) in [5, 5.41) is 0. The molecule has 0 spiro atoms. The van der Waals surface area contributed by atoms with Gasteiger partial charge in [-0.05, 0) is 6.92 Å². The van der Waals surface area contributed by atoms with E-state index in [1.807, 2.05) is 7.05 Å². The number of aromatic nitrogens is 2. The smallest absolute Gasteiger partial charge is 0.149 e. The van der Waals surface area contributed by atoms with Crippen molar-refractivity contribution in [3.8, 4) is 0 Å². The van der Waals surface area contributed by atoms with Crippen LogP contribution in [-0.4, -0.2) is 60.8 Å². The van der Waals surface area contributed by atoms with Crippen molar-refractivity contribution in [1.82, 2.24) is 14.9 Å². The zero-order chi connectivity index (χ0) is 13.0. The molecule has 2 heterocycles. The van der Waals surface area contributed by atoms with Gasteiger partial charge in [-0.15, -0.1) is 0 Å². The Hall–Kier alpha value is -1.40. The van der Waals surface area contributed by atoms with Crippen LogP contribution in [0.25, 0.3) is 0 Å². The fraction of sp³-hybridized carbons (Fsp3) is 0.667. The Morgan fingerprint density at radius 1 is 1.44 bits per heavy atom. The summed E-state index contributed by atoms with van der Waals surface area (Å²) in [7, 11) is 2.01. The van der Waals surface area contributed by atoms with Gasteiger partial charge in [0.15, 0.2) is 0 Å². The predicted molar refractivity (Wildman–Crippen MR) is 71.6 cm³/mol. The van der Waals surface area contributed by atoms with Crippen LogP contribution in [-0.2, 0) is 4.74 Å². The summed E-state index contributed by atoms with van der Waals surface area (Å²) in [6, 6.07) is 0.460. The SMILES string of the molecule is CC(CN(C)c1cncc(N)n1)N1CCOCC1. The fourth-order valence-electron chi connectivity index (χ4n) is 2.18. The van der Waals surface area contributed by atoms with Gasteiger partial charge < -0.3 is 15.4 Å².